The van der Waals surface area contributed by atoms with Crippen LogP contribution in [0.15, 0.2) is 28.4 Å². The summed E-state index contributed by atoms with van der Waals surface area (Å²) in [6, 6.07) is 2.82. The van der Waals surface area contributed by atoms with Crippen molar-refractivity contribution in [3.8, 4) is 0 Å². The zero-order valence-corrected chi connectivity index (χ0v) is 12.2. The van der Waals surface area contributed by atoms with Crippen LogP contribution in [-0.4, -0.2) is 35.0 Å². The molecule has 1 aromatic carbocycles. The number of hydrogen-bond acceptors (Lipinski definition) is 4. The molecule has 5 nitrogen and oxygen atoms in total. The molecule has 0 aliphatic carbocycles. The van der Waals surface area contributed by atoms with E-state index in [-0.39, 0.29) is 18.8 Å². The van der Waals surface area contributed by atoms with Gasteiger partial charge in [-0.05, 0) is 40.5 Å². The van der Waals surface area contributed by atoms with Gasteiger partial charge in [0, 0.05) is 11.8 Å². The molecule has 7 heteroatoms. The molecule has 2 amide bonds. The third-order valence-corrected chi connectivity index (χ3v) is 3.48. The number of hydrogen-bond donors (Lipinski definition) is 2. The lowest BCUT2D eigenvalue weighted by molar-refractivity contribution is -0.137. The molecule has 20 heavy (non-hydrogen) atoms. The maximum absolute atomic E-state index is 13.5. The highest BCUT2D eigenvalue weighted by atomic mass is 79.9. The third-order valence-electron chi connectivity index (χ3n) is 2.87. The topological polar surface area (TPSA) is 69.6 Å². The van der Waals surface area contributed by atoms with Crippen LogP contribution < -0.4 is 5.32 Å². The average molecular weight is 343 g/mol. The Bertz CT molecular complexity index is 616. The molecule has 1 aromatic rings. The van der Waals surface area contributed by atoms with Crippen LogP contribution in [0.2, 0.25) is 0 Å². The van der Waals surface area contributed by atoms with Crippen LogP contribution in [0.5, 0.6) is 0 Å². The van der Waals surface area contributed by atoms with Crippen molar-refractivity contribution in [3.63, 3.8) is 0 Å². The summed E-state index contributed by atoms with van der Waals surface area (Å²) in [4.78, 5) is 24.4. The largest absolute Gasteiger partial charge is 0.395 e. The molecule has 0 spiro atoms. The third kappa shape index (κ3) is 2.73. The molecule has 106 valence electrons. The number of aliphatic hydroxyl groups is 1. The first-order valence-electron chi connectivity index (χ1n) is 5.85. The van der Waals surface area contributed by atoms with E-state index in [0.717, 1.165) is 16.5 Å². The van der Waals surface area contributed by atoms with Crippen LogP contribution in [0.1, 0.15) is 5.56 Å². The van der Waals surface area contributed by atoms with Gasteiger partial charge in [-0.2, -0.15) is 0 Å². The van der Waals surface area contributed by atoms with Crippen molar-refractivity contribution in [2.24, 2.45) is 0 Å². The number of aliphatic hydroxyl groups excluding tert-OH is 1. The number of rotatable bonds is 4. The van der Waals surface area contributed by atoms with Crippen molar-refractivity contribution in [1.29, 1.82) is 0 Å². The molecule has 1 aliphatic heterocycles. The van der Waals surface area contributed by atoms with Gasteiger partial charge in [0.1, 0.15) is 11.5 Å². The van der Waals surface area contributed by atoms with Crippen molar-refractivity contribution in [2.75, 3.05) is 18.5 Å². The first kappa shape index (κ1) is 14.7. The van der Waals surface area contributed by atoms with Gasteiger partial charge in [-0.25, -0.2) is 4.39 Å². The van der Waals surface area contributed by atoms with E-state index in [1.165, 1.54) is 6.07 Å². The van der Waals surface area contributed by atoms with Gasteiger partial charge in [0.25, 0.3) is 11.8 Å². The molecule has 0 unspecified atom stereocenters. The molecule has 2 rings (SSSR count). The first-order valence-corrected chi connectivity index (χ1v) is 6.64. The second-order valence-electron chi connectivity index (χ2n) is 4.28. The van der Waals surface area contributed by atoms with Crippen LogP contribution in [0.3, 0.4) is 0 Å². The first-order chi connectivity index (χ1) is 9.43. The maximum Gasteiger partial charge on any atom is 0.277 e. The number of nitrogens with zero attached hydrogens (tertiary/aromatic N) is 1. The Morgan fingerprint density at radius 1 is 1.40 bits per heavy atom. The number of halogens is 2. The van der Waals surface area contributed by atoms with Crippen LogP contribution in [-0.2, 0) is 9.59 Å². The fourth-order valence-corrected chi connectivity index (χ4v) is 2.29. The molecule has 2 N–H and O–H groups in total. The highest BCUT2D eigenvalue weighted by Crippen LogP contribution is 2.26. The van der Waals surface area contributed by atoms with Gasteiger partial charge in [0.05, 0.1) is 17.6 Å². The fourth-order valence-electron chi connectivity index (χ4n) is 1.84. The van der Waals surface area contributed by atoms with Crippen molar-refractivity contribution in [1.82, 2.24) is 4.90 Å². The zero-order valence-electron chi connectivity index (χ0n) is 10.6. The fraction of sp³-hybridized carbons (Fsp3) is 0.231. The van der Waals surface area contributed by atoms with Crippen molar-refractivity contribution < 1.29 is 19.1 Å². The lowest BCUT2D eigenvalue weighted by atomic mass is 10.2. The summed E-state index contributed by atoms with van der Waals surface area (Å²) in [6.07, 6.45) is 1.14. The summed E-state index contributed by atoms with van der Waals surface area (Å²) in [6.45, 7) is 1.39. The highest BCUT2D eigenvalue weighted by molar-refractivity contribution is 9.10. The minimum absolute atomic E-state index is 0.0625. The summed E-state index contributed by atoms with van der Waals surface area (Å²) in [5.74, 6) is -1.50. The molecule has 1 aliphatic rings. The predicted octanol–water partition coefficient (Wildman–Crippen LogP) is 1.55. The number of carbonyl (C=O) groups is 2. The van der Waals surface area contributed by atoms with Crippen LogP contribution in [0.25, 0.3) is 0 Å². The van der Waals surface area contributed by atoms with E-state index in [1.807, 2.05) is 0 Å². The molecular formula is C13H12BrFN2O3. The predicted molar refractivity (Wildman–Crippen MR) is 74.3 cm³/mol. The Morgan fingerprint density at radius 2 is 2.10 bits per heavy atom. The van der Waals surface area contributed by atoms with E-state index in [4.69, 9.17) is 5.11 Å². The highest BCUT2D eigenvalue weighted by Gasteiger charge is 2.30. The quantitative estimate of drug-likeness (QED) is 0.814. The number of imide groups is 1. The molecule has 0 radical (unpaired) electrons. The van der Waals surface area contributed by atoms with Gasteiger partial charge in [-0.1, -0.05) is 0 Å². The van der Waals surface area contributed by atoms with E-state index >= 15 is 0 Å². The number of benzene rings is 1. The van der Waals surface area contributed by atoms with Crippen molar-refractivity contribution >= 4 is 33.4 Å². The van der Waals surface area contributed by atoms with Crippen LogP contribution >= 0.6 is 15.9 Å². The van der Waals surface area contributed by atoms with E-state index in [2.05, 4.69) is 21.2 Å². The van der Waals surface area contributed by atoms with Crippen molar-refractivity contribution in [2.45, 2.75) is 6.92 Å². The number of β-amino-alcohol motifs (C(OH)–C–C–N with tert-alkyl or cyclic N) is 1. The minimum Gasteiger partial charge on any atom is -0.395 e. The number of aryl methyl sites for hydroxylation is 1. The summed E-state index contributed by atoms with van der Waals surface area (Å²) in [7, 11) is 0. The summed E-state index contributed by atoms with van der Waals surface area (Å²) < 4.78 is 13.8. The Hall–Kier alpha value is -1.73. The maximum atomic E-state index is 13.5. The second-order valence-corrected chi connectivity index (χ2v) is 5.14. The molecule has 1 heterocycles. The Kier molecular flexibility index (Phi) is 4.20. The van der Waals surface area contributed by atoms with E-state index in [0.29, 0.717) is 10.2 Å². The molecule has 0 atom stereocenters. The standard InChI is InChI=1S/C13H12BrFN2O3/c1-7-4-8(14)9(15)5-10(7)16-11-6-12(19)17(2-3-18)13(11)20/h4-6,16,18H,2-3H2,1H3. The summed E-state index contributed by atoms with van der Waals surface area (Å²) >= 11 is 3.07. The Morgan fingerprint density at radius 3 is 2.75 bits per heavy atom. The summed E-state index contributed by atoms with van der Waals surface area (Å²) in [5.41, 5.74) is 1.19. The zero-order chi connectivity index (χ0) is 14.9. The van der Waals surface area contributed by atoms with E-state index in [9.17, 15) is 14.0 Å². The molecule has 0 fully saturated rings. The lowest BCUT2D eigenvalue weighted by Crippen LogP contribution is -2.34. The van der Waals surface area contributed by atoms with Crippen LogP contribution in [0, 0.1) is 12.7 Å². The molecule has 0 bridgehead atoms. The Balaban J connectivity index is 2.23. The van der Waals surface area contributed by atoms with Crippen molar-refractivity contribution in [3.05, 3.63) is 39.8 Å². The molecule has 0 saturated heterocycles. The van der Waals surface area contributed by atoms with Gasteiger partial charge < -0.3 is 10.4 Å². The van der Waals surface area contributed by atoms with E-state index < -0.39 is 17.6 Å². The SMILES string of the molecule is Cc1cc(Br)c(F)cc1NC1=CC(=O)N(CCO)C1=O. The van der Waals surface area contributed by atoms with Gasteiger partial charge in [0.15, 0.2) is 0 Å². The number of anilines is 1. The number of carbonyl (C=O) groups excluding carboxylic acids is 2. The van der Waals surface area contributed by atoms with Gasteiger partial charge in [-0.3, -0.25) is 14.5 Å². The van der Waals surface area contributed by atoms with E-state index in [1.54, 1.807) is 13.0 Å². The molecule has 0 saturated carbocycles. The number of nitrogens with one attached hydrogen (secondary N) is 1. The van der Waals surface area contributed by atoms with Gasteiger partial charge in [-0.15, -0.1) is 0 Å². The normalized spacial score (nSPS) is 14.8. The number of amides is 2. The molecular weight excluding hydrogens is 331 g/mol. The lowest BCUT2D eigenvalue weighted by Gasteiger charge is -2.14. The van der Waals surface area contributed by atoms with Gasteiger partial charge in [0.2, 0.25) is 0 Å². The average Bonchev–Trinajstić information content (AvgIpc) is 2.64. The minimum atomic E-state index is -0.535. The molecule has 0 aromatic heterocycles. The second kappa shape index (κ2) is 5.72. The Labute approximate surface area is 123 Å². The monoisotopic (exact) mass is 342 g/mol. The van der Waals surface area contributed by atoms with Crippen LogP contribution in [0.4, 0.5) is 10.1 Å². The van der Waals surface area contributed by atoms with Gasteiger partial charge >= 0.3 is 0 Å². The summed E-state index contributed by atoms with van der Waals surface area (Å²) in [5, 5.41) is 11.6. The smallest absolute Gasteiger partial charge is 0.277 e.